The molecule has 0 amide bonds. The number of oxazole rings is 1. The highest BCUT2D eigenvalue weighted by Gasteiger charge is 2.39. The van der Waals surface area contributed by atoms with E-state index in [2.05, 4.69) is 11.6 Å². The molecular weight excluding hydrogens is 669 g/mol. The van der Waals surface area contributed by atoms with Gasteiger partial charge in [-0.1, -0.05) is 134 Å². The highest BCUT2D eigenvalue weighted by Crippen LogP contribution is 2.44. The van der Waals surface area contributed by atoms with Gasteiger partial charge in [0.05, 0.1) is 23.7 Å². The summed E-state index contributed by atoms with van der Waals surface area (Å²) in [5.41, 5.74) is 5.51. The van der Waals surface area contributed by atoms with Gasteiger partial charge in [-0.05, 0) is 35.4 Å². The molecule has 1 aliphatic heterocycles. The topological polar surface area (TPSA) is 111 Å². The molecule has 10 heteroatoms. The molecule has 1 aromatic heterocycles. The van der Waals surface area contributed by atoms with E-state index in [4.69, 9.17) is 18.9 Å². The van der Waals surface area contributed by atoms with Crippen LogP contribution in [0.5, 0.6) is 0 Å². The molecule has 1 aliphatic rings. The number of sulfonamides is 1. The molecule has 6 aromatic rings. The summed E-state index contributed by atoms with van der Waals surface area (Å²) in [5.74, 6) is 1.15. The van der Waals surface area contributed by atoms with Crippen LogP contribution in [-0.2, 0) is 26.1 Å². The minimum absolute atomic E-state index is 0.0515. The van der Waals surface area contributed by atoms with Crippen LogP contribution >= 0.6 is 11.8 Å². The van der Waals surface area contributed by atoms with Crippen LogP contribution in [0.4, 0.5) is 5.69 Å². The number of hydrogen-bond donors (Lipinski definition) is 2. The number of nitrogens with one attached hydrogen (secondary N) is 1. The predicted molar refractivity (Wildman–Crippen MR) is 195 cm³/mol. The lowest BCUT2D eigenvalue weighted by Gasteiger charge is -2.41. The summed E-state index contributed by atoms with van der Waals surface area (Å²) in [6.45, 7) is 2.04. The van der Waals surface area contributed by atoms with Crippen LogP contribution in [0, 0.1) is 5.92 Å². The molecule has 8 nitrogen and oxygen atoms in total. The summed E-state index contributed by atoms with van der Waals surface area (Å²) in [6, 6.07) is 43.0. The van der Waals surface area contributed by atoms with Crippen molar-refractivity contribution in [2.45, 2.75) is 42.1 Å². The van der Waals surface area contributed by atoms with Crippen molar-refractivity contribution in [1.82, 2.24) is 4.98 Å². The maximum Gasteiger partial charge on any atom is 0.261 e. The number of benzene rings is 5. The Morgan fingerprint density at radius 1 is 0.760 bits per heavy atom. The average molecular weight is 705 g/mol. The van der Waals surface area contributed by atoms with Gasteiger partial charge in [0, 0.05) is 34.0 Å². The second kappa shape index (κ2) is 15.0. The minimum atomic E-state index is -3.79. The van der Waals surface area contributed by atoms with Gasteiger partial charge in [0.1, 0.15) is 5.69 Å². The third-order valence-corrected chi connectivity index (χ3v) is 11.0. The highest BCUT2D eigenvalue weighted by molar-refractivity contribution is 7.99. The van der Waals surface area contributed by atoms with Crippen molar-refractivity contribution in [2.24, 2.45) is 5.92 Å². The van der Waals surface area contributed by atoms with Crippen molar-refractivity contribution < 1.29 is 27.4 Å². The first-order valence-corrected chi connectivity index (χ1v) is 18.8. The average Bonchev–Trinajstić information content (AvgIpc) is 3.60. The first kappa shape index (κ1) is 33.8. The van der Waals surface area contributed by atoms with Crippen LogP contribution in [0.25, 0.3) is 22.6 Å². The fraction of sp³-hybridized carbons (Fsp3) is 0.175. The van der Waals surface area contributed by atoms with Gasteiger partial charge in [0.25, 0.3) is 15.2 Å². The van der Waals surface area contributed by atoms with Crippen molar-refractivity contribution in [1.29, 1.82) is 0 Å². The molecular formula is C40H36N2O6S2. The van der Waals surface area contributed by atoms with Crippen molar-refractivity contribution in [2.75, 3.05) is 10.5 Å². The molecule has 0 bridgehead atoms. The summed E-state index contributed by atoms with van der Waals surface area (Å²) in [4.78, 5) is 5.10. The number of ether oxygens (including phenoxy) is 2. The van der Waals surface area contributed by atoms with E-state index in [1.54, 1.807) is 48.5 Å². The van der Waals surface area contributed by atoms with Crippen LogP contribution in [0.3, 0.4) is 0 Å². The molecule has 0 aliphatic carbocycles. The van der Waals surface area contributed by atoms with Gasteiger partial charge in [-0.15, -0.1) is 0 Å². The van der Waals surface area contributed by atoms with E-state index in [1.165, 1.54) is 11.8 Å². The van der Waals surface area contributed by atoms with Crippen molar-refractivity contribution in [3.63, 3.8) is 0 Å². The Morgan fingerprint density at radius 2 is 1.42 bits per heavy atom. The molecule has 2 N–H and O–H groups in total. The molecule has 0 saturated carbocycles. The lowest BCUT2D eigenvalue weighted by molar-refractivity contribution is -0.268. The molecule has 254 valence electrons. The van der Waals surface area contributed by atoms with E-state index in [1.807, 2.05) is 91.0 Å². The number of hydrogen-bond acceptors (Lipinski definition) is 8. The van der Waals surface area contributed by atoms with Crippen molar-refractivity contribution in [3.05, 3.63) is 156 Å². The molecule has 5 aromatic carbocycles. The highest BCUT2D eigenvalue weighted by atomic mass is 32.2. The van der Waals surface area contributed by atoms with Crippen molar-refractivity contribution in [3.8, 4) is 22.6 Å². The molecule has 2 heterocycles. The van der Waals surface area contributed by atoms with Gasteiger partial charge in [0.15, 0.2) is 12.1 Å². The Hall–Kier alpha value is -4.71. The summed E-state index contributed by atoms with van der Waals surface area (Å²) in [6.07, 6.45) is -1.43. The Balaban J connectivity index is 1.17. The standard InChI is InChI=1S/C40H36N2O6S2/c1-27-35(26-49-40-41-36(29-12-5-2-6-13-29)38(48-40)30-14-7-3-8-15-30)46-39(47-37(27)31-22-20-28(25-43)21-23-31)32-16-11-17-33(24-32)42-50(44,45)34-18-9-4-10-19-34/h2-24,27,35,37,39,42-43H,25-26H2,1H3/t27-,35+,37+,39+/m1/s1. The lowest BCUT2D eigenvalue weighted by atomic mass is 9.91. The Labute approximate surface area is 296 Å². The minimum Gasteiger partial charge on any atom is -0.431 e. The maximum atomic E-state index is 13.1. The first-order chi connectivity index (χ1) is 24.4. The maximum absolute atomic E-state index is 13.1. The third-order valence-electron chi connectivity index (χ3n) is 8.65. The lowest BCUT2D eigenvalue weighted by Crippen LogP contribution is -2.38. The van der Waals surface area contributed by atoms with E-state index >= 15 is 0 Å². The fourth-order valence-corrected chi connectivity index (χ4v) is 8.02. The Kier molecular flexibility index (Phi) is 10.2. The molecule has 0 radical (unpaired) electrons. The summed E-state index contributed by atoms with van der Waals surface area (Å²) >= 11 is 1.48. The van der Waals surface area contributed by atoms with Gasteiger partial charge >= 0.3 is 0 Å². The quantitative estimate of drug-likeness (QED) is 0.129. The van der Waals surface area contributed by atoms with E-state index < -0.39 is 16.3 Å². The molecule has 0 unspecified atom stereocenters. The van der Waals surface area contributed by atoms with E-state index in [9.17, 15) is 13.5 Å². The molecule has 1 saturated heterocycles. The molecule has 0 spiro atoms. The first-order valence-electron chi connectivity index (χ1n) is 16.3. The number of aliphatic hydroxyl groups is 1. The second-order valence-corrected chi connectivity index (χ2v) is 14.7. The van der Waals surface area contributed by atoms with Gasteiger partial charge in [-0.2, -0.15) is 0 Å². The number of thioether (sulfide) groups is 1. The third kappa shape index (κ3) is 7.55. The summed E-state index contributed by atoms with van der Waals surface area (Å²) < 4.78 is 48.5. The normalized spacial score (nSPS) is 19.2. The molecule has 7 rings (SSSR count). The van der Waals surface area contributed by atoms with Gasteiger partial charge in [-0.25, -0.2) is 13.4 Å². The molecule has 50 heavy (non-hydrogen) atoms. The van der Waals surface area contributed by atoms with Crippen LogP contribution in [0.2, 0.25) is 0 Å². The molecule has 4 atom stereocenters. The number of anilines is 1. The van der Waals surface area contributed by atoms with Crippen LogP contribution in [-0.4, -0.2) is 30.4 Å². The zero-order valence-electron chi connectivity index (χ0n) is 27.3. The summed E-state index contributed by atoms with van der Waals surface area (Å²) in [5, 5.41) is 10.2. The van der Waals surface area contributed by atoms with Crippen LogP contribution in [0.1, 0.15) is 36.0 Å². The second-order valence-electron chi connectivity index (χ2n) is 12.1. The SMILES string of the molecule is C[C@@H]1[C@H](CSc2nc(-c3ccccc3)c(-c3ccccc3)o2)O[C@H](c2cccc(NS(=O)(=O)c3ccccc3)c2)O[C@@H]1c1ccc(CO)cc1. The van der Waals surface area contributed by atoms with E-state index in [-0.39, 0.29) is 29.6 Å². The van der Waals surface area contributed by atoms with Gasteiger partial charge in [0.2, 0.25) is 0 Å². The van der Waals surface area contributed by atoms with Gasteiger partial charge in [-0.3, -0.25) is 4.72 Å². The van der Waals surface area contributed by atoms with E-state index in [0.717, 1.165) is 27.9 Å². The Morgan fingerprint density at radius 3 is 2.10 bits per heavy atom. The fourth-order valence-electron chi connectivity index (χ4n) is 5.96. The van der Waals surface area contributed by atoms with Crippen LogP contribution in [0.15, 0.2) is 154 Å². The van der Waals surface area contributed by atoms with Gasteiger partial charge < -0.3 is 19.0 Å². The number of nitrogens with zero attached hydrogens (tertiary/aromatic N) is 1. The smallest absolute Gasteiger partial charge is 0.261 e. The molecule has 1 fully saturated rings. The number of aromatic nitrogens is 1. The number of aliphatic hydroxyl groups excluding tert-OH is 1. The zero-order valence-corrected chi connectivity index (χ0v) is 28.9. The zero-order chi connectivity index (χ0) is 34.5. The number of rotatable bonds is 11. The largest absolute Gasteiger partial charge is 0.431 e. The van der Waals surface area contributed by atoms with Crippen LogP contribution < -0.4 is 4.72 Å². The predicted octanol–water partition coefficient (Wildman–Crippen LogP) is 8.89. The Bertz CT molecular complexity index is 2070. The monoisotopic (exact) mass is 704 g/mol. The summed E-state index contributed by atoms with van der Waals surface area (Å²) in [7, 11) is -3.79. The van der Waals surface area contributed by atoms with E-state index in [0.29, 0.717) is 28.0 Å². The van der Waals surface area contributed by atoms with Crippen molar-refractivity contribution >= 4 is 27.5 Å².